The van der Waals surface area contributed by atoms with Gasteiger partial charge >= 0.3 is 5.97 Å². The Bertz CT molecular complexity index is 1160. The predicted octanol–water partition coefficient (Wildman–Crippen LogP) is 3.14. The third-order valence-corrected chi connectivity index (χ3v) is 5.55. The van der Waals surface area contributed by atoms with Crippen molar-refractivity contribution in [3.8, 4) is 6.07 Å². The van der Waals surface area contributed by atoms with E-state index in [1.807, 2.05) is 49.4 Å². The number of anilines is 3. The number of aromatic nitrogens is 2. The van der Waals surface area contributed by atoms with Crippen molar-refractivity contribution in [3.63, 3.8) is 0 Å². The minimum Gasteiger partial charge on any atom is -0.465 e. The van der Waals surface area contributed by atoms with Gasteiger partial charge in [0.15, 0.2) is 0 Å². The van der Waals surface area contributed by atoms with Gasteiger partial charge in [-0.2, -0.15) is 5.26 Å². The number of carbonyl (C=O) groups is 1. The lowest BCUT2D eigenvalue weighted by Gasteiger charge is -2.28. The standard InChI is InChI=1S/C23H22N6O2/c1-13(28-22-16(11-24)21(25)26-12-27-22)20-18(14-7-4-3-5-8-14)19-15(23(30)31-2)9-6-10-17(19)29-20/h3-10,12-13,18,20,29H,1-2H3,(H3,25,26,27,28)/t13-,18?,20?/m0/s1. The molecule has 0 saturated carbocycles. The third-order valence-electron chi connectivity index (χ3n) is 5.55. The highest BCUT2D eigenvalue weighted by Crippen LogP contribution is 2.44. The normalized spacial score (nSPS) is 17.7. The zero-order chi connectivity index (χ0) is 22.0. The van der Waals surface area contributed by atoms with Gasteiger partial charge in [0.05, 0.1) is 18.7 Å². The zero-order valence-electron chi connectivity index (χ0n) is 17.2. The van der Waals surface area contributed by atoms with Crippen LogP contribution in [0.1, 0.15) is 39.9 Å². The molecule has 8 nitrogen and oxygen atoms in total. The maximum atomic E-state index is 12.5. The van der Waals surface area contributed by atoms with Gasteiger partial charge in [-0.3, -0.25) is 0 Å². The molecule has 2 aromatic carbocycles. The number of esters is 1. The molecule has 0 amide bonds. The van der Waals surface area contributed by atoms with Crippen molar-refractivity contribution in [3.05, 3.63) is 77.1 Å². The van der Waals surface area contributed by atoms with Gasteiger partial charge in [0.1, 0.15) is 29.6 Å². The second-order valence-electron chi connectivity index (χ2n) is 7.34. The molecule has 0 spiro atoms. The highest BCUT2D eigenvalue weighted by Gasteiger charge is 2.39. The quantitative estimate of drug-likeness (QED) is 0.544. The smallest absolute Gasteiger partial charge is 0.338 e. The maximum Gasteiger partial charge on any atom is 0.338 e. The van der Waals surface area contributed by atoms with Crippen LogP contribution in [0, 0.1) is 11.3 Å². The zero-order valence-corrected chi connectivity index (χ0v) is 17.2. The van der Waals surface area contributed by atoms with Crippen molar-refractivity contribution >= 4 is 23.3 Å². The molecule has 0 radical (unpaired) electrons. The molecular formula is C23H22N6O2. The van der Waals surface area contributed by atoms with E-state index in [0.29, 0.717) is 11.4 Å². The predicted molar refractivity (Wildman–Crippen MR) is 118 cm³/mol. The topological polar surface area (TPSA) is 126 Å². The summed E-state index contributed by atoms with van der Waals surface area (Å²) in [6.45, 7) is 2.00. The van der Waals surface area contributed by atoms with Gasteiger partial charge in [-0.1, -0.05) is 36.4 Å². The van der Waals surface area contributed by atoms with Crippen LogP contribution in [0.15, 0.2) is 54.9 Å². The number of rotatable bonds is 5. The van der Waals surface area contributed by atoms with Crippen LogP contribution in [0.2, 0.25) is 0 Å². The number of carbonyl (C=O) groups excluding carboxylic acids is 1. The van der Waals surface area contributed by atoms with Crippen molar-refractivity contribution in [2.24, 2.45) is 0 Å². The minimum absolute atomic E-state index is 0.126. The molecule has 2 heterocycles. The fourth-order valence-electron chi connectivity index (χ4n) is 4.13. The fourth-order valence-corrected chi connectivity index (χ4v) is 4.13. The molecule has 2 unspecified atom stereocenters. The first-order valence-corrected chi connectivity index (χ1v) is 9.85. The van der Waals surface area contributed by atoms with Crippen LogP contribution in [0.25, 0.3) is 0 Å². The van der Waals surface area contributed by atoms with Crippen LogP contribution in [-0.2, 0) is 4.74 Å². The summed E-state index contributed by atoms with van der Waals surface area (Å²) in [5.74, 6) is -0.00221. The Labute approximate surface area is 180 Å². The number of nitrogen functional groups attached to an aromatic ring is 1. The lowest BCUT2D eigenvalue weighted by molar-refractivity contribution is 0.0599. The number of ether oxygens (including phenoxy) is 1. The minimum atomic E-state index is -0.379. The monoisotopic (exact) mass is 414 g/mol. The highest BCUT2D eigenvalue weighted by atomic mass is 16.5. The Morgan fingerprint density at radius 1 is 1.23 bits per heavy atom. The van der Waals surface area contributed by atoms with Gasteiger partial charge in [0, 0.05) is 17.6 Å². The molecule has 0 saturated heterocycles. The first-order chi connectivity index (χ1) is 15.0. The van der Waals surface area contributed by atoms with Gasteiger partial charge in [-0.05, 0) is 30.2 Å². The molecule has 8 heteroatoms. The summed E-state index contributed by atoms with van der Waals surface area (Å²) in [5, 5.41) is 16.3. The Balaban J connectivity index is 1.76. The van der Waals surface area contributed by atoms with E-state index < -0.39 is 0 Å². The average molecular weight is 414 g/mol. The van der Waals surface area contributed by atoms with E-state index in [4.69, 9.17) is 10.5 Å². The van der Waals surface area contributed by atoms with Crippen molar-refractivity contribution in [1.29, 1.82) is 5.26 Å². The molecule has 1 aliphatic rings. The Kier molecular flexibility index (Phi) is 5.41. The van der Waals surface area contributed by atoms with E-state index >= 15 is 0 Å². The molecule has 4 N–H and O–H groups in total. The molecule has 0 fully saturated rings. The molecule has 3 atom stereocenters. The maximum absolute atomic E-state index is 12.5. The number of hydrogen-bond donors (Lipinski definition) is 3. The van der Waals surface area contributed by atoms with Gasteiger partial charge in [0.25, 0.3) is 0 Å². The Morgan fingerprint density at radius 3 is 2.71 bits per heavy atom. The van der Waals surface area contributed by atoms with Gasteiger partial charge in [-0.15, -0.1) is 0 Å². The summed E-state index contributed by atoms with van der Waals surface area (Å²) in [6, 6.07) is 17.3. The van der Waals surface area contributed by atoms with Crippen molar-refractivity contribution in [1.82, 2.24) is 9.97 Å². The van der Waals surface area contributed by atoms with Crippen LogP contribution < -0.4 is 16.4 Å². The molecule has 4 rings (SSSR count). The number of hydrogen-bond acceptors (Lipinski definition) is 8. The van der Waals surface area contributed by atoms with E-state index in [2.05, 4.69) is 26.7 Å². The van der Waals surface area contributed by atoms with Crippen LogP contribution in [0.4, 0.5) is 17.3 Å². The lowest BCUT2D eigenvalue weighted by Crippen LogP contribution is -2.39. The molecule has 3 aromatic rings. The summed E-state index contributed by atoms with van der Waals surface area (Å²) < 4.78 is 5.03. The Morgan fingerprint density at radius 2 is 2.00 bits per heavy atom. The molecule has 0 bridgehead atoms. The third kappa shape index (κ3) is 3.62. The second kappa shape index (κ2) is 8.32. The second-order valence-corrected chi connectivity index (χ2v) is 7.34. The number of benzene rings is 2. The van der Waals surface area contributed by atoms with Gasteiger partial charge < -0.3 is 21.1 Å². The number of methoxy groups -OCH3 is 1. The van der Waals surface area contributed by atoms with Crippen LogP contribution in [0.5, 0.6) is 0 Å². The van der Waals surface area contributed by atoms with Gasteiger partial charge in [-0.25, -0.2) is 14.8 Å². The van der Waals surface area contributed by atoms with Crippen LogP contribution in [-0.4, -0.2) is 35.1 Å². The van der Waals surface area contributed by atoms with E-state index in [9.17, 15) is 10.1 Å². The van der Waals surface area contributed by atoms with E-state index in [-0.39, 0.29) is 35.4 Å². The van der Waals surface area contributed by atoms with Crippen molar-refractivity contribution < 1.29 is 9.53 Å². The average Bonchev–Trinajstić information content (AvgIpc) is 3.19. The largest absolute Gasteiger partial charge is 0.465 e. The summed E-state index contributed by atoms with van der Waals surface area (Å²) in [7, 11) is 1.38. The molecular weight excluding hydrogens is 392 g/mol. The fraction of sp³-hybridized carbons (Fsp3) is 0.217. The highest BCUT2D eigenvalue weighted by molar-refractivity contribution is 5.94. The summed E-state index contributed by atoms with van der Waals surface area (Å²) in [5.41, 5.74) is 9.39. The Hall–Kier alpha value is -4.12. The van der Waals surface area contributed by atoms with Crippen molar-refractivity contribution in [2.45, 2.75) is 24.9 Å². The van der Waals surface area contributed by atoms with E-state index in [1.165, 1.54) is 13.4 Å². The first-order valence-electron chi connectivity index (χ1n) is 9.85. The molecule has 0 aliphatic carbocycles. The number of nitrogens with two attached hydrogens (primary N) is 1. The summed E-state index contributed by atoms with van der Waals surface area (Å²) in [4.78, 5) is 20.6. The SMILES string of the molecule is COC(=O)c1cccc2c1C(c1ccccc1)C([C@H](C)Nc1ncnc(N)c1C#N)N2. The summed E-state index contributed by atoms with van der Waals surface area (Å²) >= 11 is 0. The molecule has 1 aliphatic heterocycles. The van der Waals surface area contributed by atoms with E-state index in [1.54, 1.807) is 6.07 Å². The number of nitrogens with zero attached hydrogens (tertiary/aromatic N) is 3. The van der Waals surface area contributed by atoms with Gasteiger partial charge in [0.2, 0.25) is 0 Å². The number of nitriles is 1. The first kappa shape index (κ1) is 20.2. The van der Waals surface area contributed by atoms with Crippen LogP contribution >= 0.6 is 0 Å². The number of fused-ring (bicyclic) bond motifs is 1. The molecule has 1 aromatic heterocycles. The summed E-state index contributed by atoms with van der Waals surface area (Å²) in [6.07, 6.45) is 1.33. The van der Waals surface area contributed by atoms with Crippen LogP contribution in [0.3, 0.4) is 0 Å². The molecule has 31 heavy (non-hydrogen) atoms. The number of nitrogens with one attached hydrogen (secondary N) is 2. The molecule has 156 valence electrons. The van der Waals surface area contributed by atoms with Crippen molar-refractivity contribution in [2.75, 3.05) is 23.5 Å². The van der Waals surface area contributed by atoms with E-state index in [0.717, 1.165) is 16.8 Å². The lowest BCUT2D eigenvalue weighted by atomic mass is 9.83.